The summed E-state index contributed by atoms with van der Waals surface area (Å²) in [6.07, 6.45) is 0.0753. The van der Waals surface area contributed by atoms with Gasteiger partial charge in [-0.25, -0.2) is 0 Å². The summed E-state index contributed by atoms with van der Waals surface area (Å²) in [5.74, 6) is 0.191. The molecule has 2 heterocycles. The molecule has 2 aromatic rings. The lowest BCUT2D eigenvalue weighted by atomic mass is 10.4. The van der Waals surface area contributed by atoms with Crippen LogP contribution in [0.3, 0.4) is 0 Å². The molecule has 0 radical (unpaired) electrons. The highest BCUT2D eigenvalue weighted by atomic mass is 32.1. The molecule has 17 heavy (non-hydrogen) atoms. The third kappa shape index (κ3) is 3.36. The van der Waals surface area contributed by atoms with Gasteiger partial charge in [0.25, 0.3) is 0 Å². The molecular weight excluding hydrogens is 242 g/mol. The fourth-order valence-corrected chi connectivity index (χ4v) is 1.87. The number of thiophene rings is 1. The predicted octanol–water partition coefficient (Wildman–Crippen LogP) is 1.36. The molecule has 6 nitrogen and oxygen atoms in total. The van der Waals surface area contributed by atoms with Crippen LogP contribution in [0.25, 0.3) is 10.7 Å². The summed E-state index contributed by atoms with van der Waals surface area (Å²) in [4.78, 5) is 15.4. The van der Waals surface area contributed by atoms with Gasteiger partial charge in [0.1, 0.15) is 0 Å². The maximum Gasteiger partial charge on any atom is 0.304 e. The first-order valence-electron chi connectivity index (χ1n) is 5.04. The second kappa shape index (κ2) is 5.55. The third-order valence-corrected chi connectivity index (χ3v) is 2.87. The lowest BCUT2D eigenvalue weighted by molar-refractivity contribution is -0.136. The zero-order valence-corrected chi connectivity index (χ0v) is 9.74. The molecule has 0 unspecified atom stereocenters. The molecule has 0 aliphatic heterocycles. The Hall–Kier alpha value is -1.73. The van der Waals surface area contributed by atoms with E-state index in [1.807, 2.05) is 17.5 Å². The van der Waals surface area contributed by atoms with Gasteiger partial charge in [0, 0.05) is 6.54 Å². The quantitative estimate of drug-likeness (QED) is 0.756. The van der Waals surface area contributed by atoms with Gasteiger partial charge in [-0.2, -0.15) is 4.98 Å². The highest BCUT2D eigenvalue weighted by molar-refractivity contribution is 7.13. The Labute approximate surface area is 101 Å². The summed E-state index contributed by atoms with van der Waals surface area (Å²) in [6.45, 7) is 0.762. The van der Waals surface area contributed by atoms with E-state index < -0.39 is 5.97 Å². The van der Waals surface area contributed by atoms with Gasteiger partial charge in [-0.3, -0.25) is 4.79 Å². The Bertz CT molecular complexity index is 481. The summed E-state index contributed by atoms with van der Waals surface area (Å²) < 4.78 is 5.03. The van der Waals surface area contributed by atoms with Crippen LogP contribution in [0.1, 0.15) is 12.3 Å². The van der Waals surface area contributed by atoms with Crippen LogP contribution >= 0.6 is 11.3 Å². The van der Waals surface area contributed by atoms with Crippen LogP contribution in [0.5, 0.6) is 0 Å². The molecule has 0 aliphatic carbocycles. The van der Waals surface area contributed by atoms with E-state index in [1.165, 1.54) is 11.3 Å². The molecule has 0 aliphatic rings. The molecule has 0 fully saturated rings. The molecule has 90 valence electrons. The van der Waals surface area contributed by atoms with E-state index in [0.717, 1.165) is 4.88 Å². The molecule has 2 aromatic heterocycles. The minimum atomic E-state index is -0.831. The van der Waals surface area contributed by atoms with Crippen molar-refractivity contribution in [3.63, 3.8) is 0 Å². The molecule has 0 atom stereocenters. The minimum absolute atomic E-state index is 0.0753. The SMILES string of the molecule is O=C(O)CCNCc1nc(-c2cccs2)no1. The Kier molecular flexibility index (Phi) is 3.84. The van der Waals surface area contributed by atoms with Crippen molar-refractivity contribution in [1.82, 2.24) is 15.5 Å². The Morgan fingerprint density at radius 1 is 1.59 bits per heavy atom. The van der Waals surface area contributed by atoms with Gasteiger partial charge in [-0.15, -0.1) is 11.3 Å². The highest BCUT2D eigenvalue weighted by Gasteiger charge is 2.08. The van der Waals surface area contributed by atoms with Crippen molar-refractivity contribution in [3.8, 4) is 10.7 Å². The van der Waals surface area contributed by atoms with Gasteiger partial charge in [0.15, 0.2) is 0 Å². The Balaban J connectivity index is 1.84. The van der Waals surface area contributed by atoms with Crippen LogP contribution < -0.4 is 5.32 Å². The van der Waals surface area contributed by atoms with Crippen LogP contribution in [0.15, 0.2) is 22.0 Å². The zero-order valence-electron chi connectivity index (χ0n) is 8.92. The molecule has 2 rings (SSSR count). The molecule has 0 aromatic carbocycles. The summed E-state index contributed by atoms with van der Waals surface area (Å²) in [5.41, 5.74) is 0. The minimum Gasteiger partial charge on any atom is -0.481 e. The van der Waals surface area contributed by atoms with Crippen molar-refractivity contribution in [2.75, 3.05) is 6.54 Å². The van der Waals surface area contributed by atoms with Crippen LogP contribution in [0.4, 0.5) is 0 Å². The zero-order chi connectivity index (χ0) is 12.1. The van der Waals surface area contributed by atoms with Gasteiger partial charge in [-0.05, 0) is 11.4 Å². The largest absolute Gasteiger partial charge is 0.481 e. The molecule has 0 bridgehead atoms. The van der Waals surface area contributed by atoms with E-state index >= 15 is 0 Å². The number of aromatic nitrogens is 2. The van der Waals surface area contributed by atoms with E-state index in [-0.39, 0.29) is 6.42 Å². The summed E-state index contributed by atoms with van der Waals surface area (Å²) in [7, 11) is 0. The summed E-state index contributed by atoms with van der Waals surface area (Å²) in [5, 5.41) is 17.1. The van der Waals surface area contributed by atoms with Crippen LogP contribution in [-0.4, -0.2) is 27.8 Å². The van der Waals surface area contributed by atoms with Gasteiger partial charge in [0.05, 0.1) is 17.8 Å². The van der Waals surface area contributed by atoms with Crippen molar-refractivity contribution >= 4 is 17.3 Å². The highest BCUT2D eigenvalue weighted by Crippen LogP contribution is 2.20. The standard InChI is InChI=1S/C10H11N3O3S/c14-9(15)3-4-11-6-8-12-10(13-16-8)7-2-1-5-17-7/h1-2,5,11H,3-4,6H2,(H,14,15). The van der Waals surface area contributed by atoms with E-state index in [1.54, 1.807) is 0 Å². The number of nitrogens with one attached hydrogen (secondary N) is 1. The molecule has 7 heteroatoms. The third-order valence-electron chi connectivity index (χ3n) is 2.00. The lowest BCUT2D eigenvalue weighted by Gasteiger charge is -1.96. The smallest absolute Gasteiger partial charge is 0.304 e. The van der Waals surface area contributed by atoms with E-state index in [4.69, 9.17) is 9.63 Å². The van der Waals surface area contributed by atoms with Gasteiger partial charge < -0.3 is 14.9 Å². The van der Waals surface area contributed by atoms with Gasteiger partial charge >= 0.3 is 5.97 Å². The number of carboxylic acids is 1. The topological polar surface area (TPSA) is 88.2 Å². The summed E-state index contributed by atoms with van der Waals surface area (Å²) in [6, 6.07) is 3.83. The molecule has 0 amide bonds. The maximum absolute atomic E-state index is 10.3. The average Bonchev–Trinajstić information content (AvgIpc) is 2.94. The van der Waals surface area contributed by atoms with Crippen molar-refractivity contribution in [2.24, 2.45) is 0 Å². The number of hydrogen-bond acceptors (Lipinski definition) is 6. The molecule has 0 saturated heterocycles. The van der Waals surface area contributed by atoms with E-state index in [9.17, 15) is 4.79 Å². The molecule has 0 saturated carbocycles. The van der Waals surface area contributed by atoms with E-state index in [2.05, 4.69) is 15.5 Å². The second-order valence-electron chi connectivity index (χ2n) is 3.31. The van der Waals surface area contributed by atoms with Gasteiger partial charge in [0.2, 0.25) is 11.7 Å². The number of carbonyl (C=O) groups is 1. The molecular formula is C10H11N3O3S. The van der Waals surface area contributed by atoms with Crippen LogP contribution in [0.2, 0.25) is 0 Å². The Morgan fingerprint density at radius 2 is 2.47 bits per heavy atom. The van der Waals surface area contributed by atoms with Crippen molar-refractivity contribution in [1.29, 1.82) is 0 Å². The fraction of sp³-hybridized carbons (Fsp3) is 0.300. The first kappa shape index (κ1) is 11.7. The monoisotopic (exact) mass is 253 g/mol. The maximum atomic E-state index is 10.3. The van der Waals surface area contributed by atoms with Crippen LogP contribution in [0, 0.1) is 0 Å². The lowest BCUT2D eigenvalue weighted by Crippen LogP contribution is -2.17. The Morgan fingerprint density at radius 3 is 3.18 bits per heavy atom. The fourth-order valence-electron chi connectivity index (χ4n) is 1.22. The molecule has 0 spiro atoms. The molecule has 2 N–H and O–H groups in total. The van der Waals surface area contributed by atoms with Gasteiger partial charge in [-0.1, -0.05) is 11.2 Å². The average molecular weight is 253 g/mol. The predicted molar refractivity (Wildman–Crippen MR) is 61.6 cm³/mol. The summed E-state index contributed by atoms with van der Waals surface area (Å²) >= 11 is 1.54. The van der Waals surface area contributed by atoms with Crippen molar-refractivity contribution < 1.29 is 14.4 Å². The number of rotatable bonds is 6. The number of aliphatic carboxylic acids is 1. The first-order valence-corrected chi connectivity index (χ1v) is 5.92. The number of carboxylic acid groups (broad SMARTS) is 1. The number of nitrogens with zero attached hydrogens (tertiary/aromatic N) is 2. The van der Waals surface area contributed by atoms with Crippen LogP contribution in [-0.2, 0) is 11.3 Å². The normalized spacial score (nSPS) is 10.6. The first-order chi connectivity index (χ1) is 8.25. The van der Waals surface area contributed by atoms with Crippen molar-refractivity contribution in [3.05, 3.63) is 23.4 Å². The van der Waals surface area contributed by atoms with Crippen molar-refractivity contribution in [2.45, 2.75) is 13.0 Å². The van der Waals surface area contributed by atoms with E-state index in [0.29, 0.717) is 24.8 Å². The second-order valence-corrected chi connectivity index (χ2v) is 4.26. The number of hydrogen-bond donors (Lipinski definition) is 2.